The molecular formula is C13H17N3O. The fourth-order valence-corrected chi connectivity index (χ4v) is 1.57. The van der Waals surface area contributed by atoms with Gasteiger partial charge in [-0.05, 0) is 26.0 Å². The second kappa shape index (κ2) is 4.91. The van der Waals surface area contributed by atoms with E-state index in [1.165, 1.54) is 0 Å². The maximum atomic E-state index is 9.33. The normalized spacial score (nSPS) is 10.8. The van der Waals surface area contributed by atoms with E-state index in [1.54, 1.807) is 12.1 Å². The number of benzene rings is 1. The first-order chi connectivity index (χ1) is 8.15. The molecule has 1 heterocycles. The third kappa shape index (κ3) is 3.00. The molecule has 0 aliphatic carbocycles. The molecule has 0 aliphatic heterocycles. The van der Waals surface area contributed by atoms with Gasteiger partial charge in [0.05, 0.1) is 6.20 Å². The summed E-state index contributed by atoms with van der Waals surface area (Å²) in [4.78, 5) is 0. The number of nitrogens with zero attached hydrogens (tertiary/aromatic N) is 2. The summed E-state index contributed by atoms with van der Waals surface area (Å²) in [5.41, 5.74) is 2.03. The van der Waals surface area contributed by atoms with E-state index >= 15 is 0 Å². The summed E-state index contributed by atoms with van der Waals surface area (Å²) in [6, 6.07) is 7.47. The van der Waals surface area contributed by atoms with E-state index in [2.05, 4.69) is 24.3 Å². The van der Waals surface area contributed by atoms with E-state index in [0.29, 0.717) is 12.6 Å². The number of phenolic OH excluding ortho intramolecular Hbond substituents is 1. The second-order valence-corrected chi connectivity index (χ2v) is 4.33. The van der Waals surface area contributed by atoms with Gasteiger partial charge in [-0.3, -0.25) is 4.68 Å². The molecule has 0 spiro atoms. The Bertz CT molecular complexity index is 491. The van der Waals surface area contributed by atoms with Crippen LogP contribution in [0.25, 0.3) is 0 Å². The first kappa shape index (κ1) is 11.5. The highest BCUT2D eigenvalue weighted by atomic mass is 16.3. The summed E-state index contributed by atoms with van der Waals surface area (Å²) in [5.74, 6) is 0.271. The lowest BCUT2D eigenvalue weighted by molar-refractivity contribution is 0.475. The van der Waals surface area contributed by atoms with Gasteiger partial charge in [0.2, 0.25) is 0 Å². The molecule has 17 heavy (non-hydrogen) atoms. The molecule has 0 unspecified atom stereocenters. The number of hydrogen-bond acceptors (Lipinski definition) is 3. The minimum absolute atomic E-state index is 0.271. The predicted molar refractivity (Wildman–Crippen MR) is 68.0 cm³/mol. The van der Waals surface area contributed by atoms with Crippen molar-refractivity contribution in [2.75, 3.05) is 5.32 Å². The lowest BCUT2D eigenvalue weighted by atomic mass is 10.3. The van der Waals surface area contributed by atoms with Crippen molar-refractivity contribution in [3.8, 4) is 5.75 Å². The zero-order valence-corrected chi connectivity index (χ0v) is 10.1. The standard InChI is InChI=1S/C13H17N3O/c1-10(2)16-9-11(8-15-16)7-14-12-4-3-5-13(17)6-12/h3-6,8-10,14,17H,7H2,1-2H3. The van der Waals surface area contributed by atoms with Crippen LogP contribution >= 0.6 is 0 Å². The average Bonchev–Trinajstić information content (AvgIpc) is 2.75. The Hall–Kier alpha value is -1.97. The van der Waals surface area contributed by atoms with Crippen LogP contribution in [0.4, 0.5) is 5.69 Å². The smallest absolute Gasteiger partial charge is 0.117 e. The van der Waals surface area contributed by atoms with Gasteiger partial charge in [-0.15, -0.1) is 0 Å². The Morgan fingerprint density at radius 3 is 2.88 bits per heavy atom. The summed E-state index contributed by atoms with van der Waals surface area (Å²) in [6.45, 7) is 4.90. The van der Waals surface area contributed by atoms with Crippen molar-refractivity contribution < 1.29 is 5.11 Å². The summed E-state index contributed by atoms with van der Waals surface area (Å²) in [6.07, 6.45) is 3.89. The molecule has 2 aromatic rings. The average molecular weight is 231 g/mol. The molecule has 0 amide bonds. The zero-order chi connectivity index (χ0) is 12.3. The minimum Gasteiger partial charge on any atom is -0.508 e. The monoisotopic (exact) mass is 231 g/mol. The highest BCUT2D eigenvalue weighted by molar-refractivity contribution is 5.47. The molecule has 0 saturated heterocycles. The van der Waals surface area contributed by atoms with Crippen molar-refractivity contribution in [1.29, 1.82) is 0 Å². The lowest BCUT2D eigenvalue weighted by Crippen LogP contribution is -2.01. The van der Waals surface area contributed by atoms with Crippen LogP contribution in [0.1, 0.15) is 25.5 Å². The summed E-state index contributed by atoms with van der Waals surface area (Å²) < 4.78 is 1.93. The van der Waals surface area contributed by atoms with Crippen molar-refractivity contribution in [3.05, 3.63) is 42.2 Å². The van der Waals surface area contributed by atoms with Gasteiger partial charge in [0.1, 0.15) is 5.75 Å². The van der Waals surface area contributed by atoms with Crippen LogP contribution in [0.3, 0.4) is 0 Å². The SMILES string of the molecule is CC(C)n1cc(CNc2cccc(O)c2)cn1. The molecule has 0 radical (unpaired) electrons. The number of nitrogens with one attached hydrogen (secondary N) is 1. The number of aromatic hydroxyl groups is 1. The molecule has 1 aromatic heterocycles. The van der Waals surface area contributed by atoms with Crippen molar-refractivity contribution >= 4 is 5.69 Å². The van der Waals surface area contributed by atoms with Gasteiger partial charge < -0.3 is 10.4 Å². The Kier molecular flexibility index (Phi) is 3.32. The number of anilines is 1. The number of aromatic nitrogens is 2. The van der Waals surface area contributed by atoms with E-state index in [0.717, 1.165) is 11.3 Å². The third-order valence-electron chi connectivity index (χ3n) is 2.53. The summed E-state index contributed by atoms with van der Waals surface area (Å²) in [5, 5.41) is 16.8. The largest absolute Gasteiger partial charge is 0.508 e. The Balaban J connectivity index is 1.97. The minimum atomic E-state index is 0.271. The molecular weight excluding hydrogens is 214 g/mol. The molecule has 0 atom stereocenters. The molecule has 0 bridgehead atoms. The van der Waals surface area contributed by atoms with E-state index in [-0.39, 0.29) is 5.75 Å². The van der Waals surface area contributed by atoms with Gasteiger partial charge in [0.25, 0.3) is 0 Å². The molecule has 0 saturated carbocycles. The van der Waals surface area contributed by atoms with Gasteiger partial charge in [0.15, 0.2) is 0 Å². The van der Waals surface area contributed by atoms with Crippen molar-refractivity contribution in [3.63, 3.8) is 0 Å². The molecule has 0 aliphatic rings. The quantitative estimate of drug-likeness (QED) is 0.850. The molecule has 4 nitrogen and oxygen atoms in total. The molecule has 2 N–H and O–H groups in total. The van der Waals surface area contributed by atoms with E-state index in [1.807, 2.05) is 29.2 Å². The van der Waals surface area contributed by atoms with Gasteiger partial charge >= 0.3 is 0 Å². The van der Waals surface area contributed by atoms with E-state index in [4.69, 9.17) is 0 Å². The highest BCUT2D eigenvalue weighted by Crippen LogP contribution is 2.16. The Morgan fingerprint density at radius 2 is 2.24 bits per heavy atom. The molecule has 90 valence electrons. The fourth-order valence-electron chi connectivity index (χ4n) is 1.57. The lowest BCUT2D eigenvalue weighted by Gasteiger charge is -2.05. The first-order valence-corrected chi connectivity index (χ1v) is 5.71. The van der Waals surface area contributed by atoms with Gasteiger partial charge in [0, 0.05) is 36.1 Å². The van der Waals surface area contributed by atoms with Crippen LogP contribution in [0.2, 0.25) is 0 Å². The second-order valence-electron chi connectivity index (χ2n) is 4.33. The molecule has 1 aromatic carbocycles. The van der Waals surface area contributed by atoms with Crippen molar-refractivity contribution in [2.24, 2.45) is 0 Å². The number of phenols is 1. The summed E-state index contributed by atoms with van der Waals surface area (Å²) >= 11 is 0. The number of rotatable bonds is 4. The first-order valence-electron chi connectivity index (χ1n) is 5.71. The molecule has 4 heteroatoms. The van der Waals surface area contributed by atoms with Crippen LogP contribution in [0.5, 0.6) is 5.75 Å². The van der Waals surface area contributed by atoms with Gasteiger partial charge in [-0.25, -0.2) is 0 Å². The van der Waals surface area contributed by atoms with E-state index < -0.39 is 0 Å². The maximum Gasteiger partial charge on any atom is 0.117 e. The maximum absolute atomic E-state index is 9.33. The van der Waals surface area contributed by atoms with Crippen LogP contribution in [0, 0.1) is 0 Å². The van der Waals surface area contributed by atoms with Crippen LogP contribution < -0.4 is 5.32 Å². The van der Waals surface area contributed by atoms with Crippen LogP contribution in [0.15, 0.2) is 36.7 Å². The highest BCUT2D eigenvalue weighted by Gasteiger charge is 2.01. The predicted octanol–water partition coefficient (Wildman–Crippen LogP) is 2.78. The Labute approximate surface area is 101 Å². The number of hydrogen-bond donors (Lipinski definition) is 2. The molecule has 0 fully saturated rings. The zero-order valence-electron chi connectivity index (χ0n) is 10.1. The van der Waals surface area contributed by atoms with Gasteiger partial charge in [-0.1, -0.05) is 6.07 Å². The van der Waals surface area contributed by atoms with Crippen molar-refractivity contribution in [1.82, 2.24) is 9.78 Å². The topological polar surface area (TPSA) is 50.1 Å². The molecule has 2 rings (SSSR count). The summed E-state index contributed by atoms with van der Waals surface area (Å²) in [7, 11) is 0. The van der Waals surface area contributed by atoms with Crippen LogP contribution in [-0.4, -0.2) is 14.9 Å². The van der Waals surface area contributed by atoms with Crippen molar-refractivity contribution in [2.45, 2.75) is 26.4 Å². The van der Waals surface area contributed by atoms with Crippen LogP contribution in [-0.2, 0) is 6.54 Å². The van der Waals surface area contributed by atoms with Gasteiger partial charge in [-0.2, -0.15) is 5.10 Å². The van der Waals surface area contributed by atoms with E-state index in [9.17, 15) is 5.11 Å². The fraction of sp³-hybridized carbons (Fsp3) is 0.308. The third-order valence-corrected chi connectivity index (χ3v) is 2.53. The Morgan fingerprint density at radius 1 is 1.41 bits per heavy atom.